The smallest absolute Gasteiger partial charge is 0.173 e. The number of furan rings is 1. The topological polar surface area (TPSA) is 54.5 Å². The Morgan fingerprint density at radius 2 is 2.21 bits per heavy atom. The van der Waals surface area contributed by atoms with Crippen LogP contribution in [0.1, 0.15) is 22.5 Å². The Labute approximate surface area is 144 Å². The summed E-state index contributed by atoms with van der Waals surface area (Å²) in [4.78, 5) is 15.5. The molecule has 4 rings (SSSR count). The summed E-state index contributed by atoms with van der Waals surface area (Å²) in [5.74, 6) is 0.842. The molecule has 0 N–H and O–H groups in total. The third-order valence-corrected chi connectivity index (χ3v) is 4.69. The lowest BCUT2D eigenvalue weighted by Gasteiger charge is -2.33. The molecule has 0 spiro atoms. The van der Waals surface area contributed by atoms with Crippen molar-refractivity contribution < 1.29 is 4.42 Å². The summed E-state index contributed by atoms with van der Waals surface area (Å²) in [5, 5.41) is 2.96. The van der Waals surface area contributed by atoms with Crippen molar-refractivity contribution in [1.82, 2.24) is 14.9 Å². The van der Waals surface area contributed by atoms with Gasteiger partial charge in [-0.1, -0.05) is 6.07 Å². The SMILES string of the molecule is C1=NC(c2nccs2)N(CCc2cccnc2)C(c2ccco2)=C1. The van der Waals surface area contributed by atoms with E-state index in [0.29, 0.717) is 0 Å². The fourth-order valence-corrected chi connectivity index (χ4v) is 3.44. The molecule has 3 aromatic heterocycles. The predicted octanol–water partition coefficient (Wildman–Crippen LogP) is 3.80. The third kappa shape index (κ3) is 3.00. The van der Waals surface area contributed by atoms with Gasteiger partial charge in [0, 0.05) is 36.7 Å². The first-order chi connectivity index (χ1) is 11.9. The first kappa shape index (κ1) is 14.8. The fourth-order valence-electron chi connectivity index (χ4n) is 2.75. The molecule has 0 saturated heterocycles. The molecule has 0 aliphatic carbocycles. The molecule has 1 aliphatic rings. The number of hydrogen-bond donors (Lipinski definition) is 0. The van der Waals surface area contributed by atoms with Crippen molar-refractivity contribution in [3.05, 3.63) is 76.9 Å². The predicted molar refractivity (Wildman–Crippen MR) is 94.7 cm³/mol. The number of thiazole rings is 1. The standard InChI is InChI=1S/C18H16N4OS/c1-3-14(13-19-7-1)6-10-22-15(16-4-2-11-23-16)5-8-20-17(22)18-21-9-12-24-18/h1-5,7-9,11-13,17H,6,10H2. The Hall–Kier alpha value is -2.73. The van der Waals surface area contributed by atoms with E-state index in [1.807, 2.05) is 48.3 Å². The van der Waals surface area contributed by atoms with Crippen LogP contribution in [-0.4, -0.2) is 27.6 Å². The monoisotopic (exact) mass is 336 g/mol. The van der Waals surface area contributed by atoms with Gasteiger partial charge < -0.3 is 9.32 Å². The molecule has 1 atom stereocenters. The van der Waals surface area contributed by atoms with Crippen LogP contribution >= 0.6 is 11.3 Å². The van der Waals surface area contributed by atoms with Gasteiger partial charge in [0.1, 0.15) is 10.8 Å². The summed E-state index contributed by atoms with van der Waals surface area (Å²) < 4.78 is 5.62. The summed E-state index contributed by atoms with van der Waals surface area (Å²) in [7, 11) is 0. The Bertz CT molecular complexity index is 825. The highest BCUT2D eigenvalue weighted by Crippen LogP contribution is 2.34. The van der Waals surface area contributed by atoms with Crippen LogP contribution < -0.4 is 0 Å². The molecule has 4 heterocycles. The summed E-state index contributed by atoms with van der Waals surface area (Å²) in [5.41, 5.74) is 2.22. The highest BCUT2D eigenvalue weighted by molar-refractivity contribution is 7.09. The molecule has 3 aromatic rings. The van der Waals surface area contributed by atoms with Gasteiger partial charge in [0.2, 0.25) is 0 Å². The molecule has 1 aliphatic heterocycles. The van der Waals surface area contributed by atoms with E-state index in [4.69, 9.17) is 4.42 Å². The van der Waals surface area contributed by atoms with Crippen molar-refractivity contribution in [2.24, 2.45) is 4.99 Å². The number of allylic oxidation sites excluding steroid dienone is 1. The van der Waals surface area contributed by atoms with Crippen LogP contribution in [0.25, 0.3) is 5.70 Å². The van der Waals surface area contributed by atoms with Gasteiger partial charge in [-0.3, -0.25) is 9.98 Å². The molecule has 0 aromatic carbocycles. The van der Waals surface area contributed by atoms with Crippen molar-refractivity contribution in [1.29, 1.82) is 0 Å². The summed E-state index contributed by atoms with van der Waals surface area (Å²) in [6, 6.07) is 7.93. The van der Waals surface area contributed by atoms with Crippen molar-refractivity contribution in [2.75, 3.05) is 6.54 Å². The fraction of sp³-hybridized carbons (Fsp3) is 0.167. The minimum absolute atomic E-state index is 0.119. The first-order valence-corrected chi connectivity index (χ1v) is 8.62. The van der Waals surface area contributed by atoms with Gasteiger partial charge in [0.25, 0.3) is 0 Å². The highest BCUT2D eigenvalue weighted by atomic mass is 32.1. The normalized spacial score (nSPS) is 17.1. The molecule has 6 heteroatoms. The van der Waals surface area contributed by atoms with Gasteiger partial charge in [-0.05, 0) is 36.3 Å². The van der Waals surface area contributed by atoms with Gasteiger partial charge in [-0.15, -0.1) is 11.3 Å². The van der Waals surface area contributed by atoms with Crippen LogP contribution in [0.5, 0.6) is 0 Å². The minimum atomic E-state index is -0.119. The zero-order chi connectivity index (χ0) is 16.2. The van der Waals surface area contributed by atoms with Crippen LogP contribution in [0.4, 0.5) is 0 Å². The number of aliphatic imine (C=N–C) groups is 1. The van der Waals surface area contributed by atoms with E-state index in [9.17, 15) is 0 Å². The molecule has 5 nitrogen and oxygen atoms in total. The molecule has 0 saturated carbocycles. The number of pyridine rings is 1. The Morgan fingerprint density at radius 3 is 2.96 bits per heavy atom. The average molecular weight is 336 g/mol. The molecule has 1 unspecified atom stereocenters. The van der Waals surface area contributed by atoms with E-state index in [-0.39, 0.29) is 6.17 Å². The van der Waals surface area contributed by atoms with E-state index >= 15 is 0 Å². The largest absolute Gasteiger partial charge is 0.463 e. The molecule has 0 bridgehead atoms. The van der Waals surface area contributed by atoms with E-state index in [1.165, 1.54) is 5.56 Å². The van der Waals surface area contributed by atoms with Gasteiger partial charge in [-0.2, -0.15) is 0 Å². The van der Waals surface area contributed by atoms with Crippen LogP contribution in [0, 0.1) is 0 Å². The molecule has 0 radical (unpaired) electrons. The Balaban J connectivity index is 1.63. The second-order valence-electron chi connectivity index (χ2n) is 5.38. The van der Waals surface area contributed by atoms with E-state index in [1.54, 1.807) is 23.8 Å². The molecule has 0 fully saturated rings. The first-order valence-electron chi connectivity index (χ1n) is 7.74. The second-order valence-corrected chi connectivity index (χ2v) is 6.30. The number of hydrogen-bond acceptors (Lipinski definition) is 6. The van der Waals surface area contributed by atoms with Gasteiger partial charge in [-0.25, -0.2) is 4.98 Å². The van der Waals surface area contributed by atoms with E-state index < -0.39 is 0 Å². The van der Waals surface area contributed by atoms with Gasteiger partial charge in [0.05, 0.1) is 12.0 Å². The van der Waals surface area contributed by atoms with Crippen molar-refractivity contribution in [3.8, 4) is 0 Å². The number of aromatic nitrogens is 2. The molecular formula is C18H16N4OS. The number of rotatable bonds is 5. The molecule has 24 heavy (non-hydrogen) atoms. The summed E-state index contributed by atoms with van der Waals surface area (Å²) in [6.07, 6.45) is 11.8. The maximum absolute atomic E-state index is 5.62. The van der Waals surface area contributed by atoms with Crippen molar-refractivity contribution in [3.63, 3.8) is 0 Å². The van der Waals surface area contributed by atoms with Crippen LogP contribution in [0.3, 0.4) is 0 Å². The van der Waals surface area contributed by atoms with Crippen LogP contribution in [0.15, 0.2) is 70.0 Å². The maximum Gasteiger partial charge on any atom is 0.173 e. The summed E-state index contributed by atoms with van der Waals surface area (Å²) >= 11 is 1.62. The lowest BCUT2D eigenvalue weighted by Crippen LogP contribution is -2.30. The lowest BCUT2D eigenvalue weighted by molar-refractivity contribution is 0.299. The van der Waals surface area contributed by atoms with Crippen LogP contribution in [-0.2, 0) is 6.42 Å². The minimum Gasteiger partial charge on any atom is -0.463 e. The number of nitrogens with zero attached hydrogens (tertiary/aromatic N) is 4. The molecular weight excluding hydrogens is 320 g/mol. The second kappa shape index (κ2) is 6.80. The van der Waals surface area contributed by atoms with Crippen molar-refractivity contribution >= 4 is 23.2 Å². The van der Waals surface area contributed by atoms with Gasteiger partial charge in [0.15, 0.2) is 6.17 Å². The zero-order valence-corrected chi connectivity index (χ0v) is 13.8. The third-order valence-electron chi connectivity index (χ3n) is 3.87. The van der Waals surface area contributed by atoms with Crippen LogP contribution in [0.2, 0.25) is 0 Å². The molecule has 0 amide bonds. The zero-order valence-electron chi connectivity index (χ0n) is 12.9. The summed E-state index contributed by atoms with van der Waals surface area (Å²) in [6.45, 7) is 0.805. The highest BCUT2D eigenvalue weighted by Gasteiger charge is 2.27. The quantitative estimate of drug-likeness (QED) is 0.711. The van der Waals surface area contributed by atoms with Crippen molar-refractivity contribution in [2.45, 2.75) is 12.6 Å². The van der Waals surface area contributed by atoms with E-state index in [2.05, 4.69) is 25.9 Å². The Kier molecular flexibility index (Phi) is 4.20. The average Bonchev–Trinajstić information content (AvgIpc) is 3.34. The van der Waals surface area contributed by atoms with Gasteiger partial charge >= 0.3 is 0 Å². The van der Waals surface area contributed by atoms with E-state index in [0.717, 1.165) is 29.4 Å². The maximum atomic E-state index is 5.62. The lowest BCUT2D eigenvalue weighted by atomic mass is 10.1. The molecule has 120 valence electrons. The Morgan fingerprint density at radius 1 is 1.21 bits per heavy atom.